The van der Waals surface area contributed by atoms with Gasteiger partial charge in [0.1, 0.15) is 6.61 Å². The Morgan fingerprint density at radius 3 is 2.23 bits per heavy atom. The summed E-state index contributed by atoms with van der Waals surface area (Å²) in [5.74, 6) is -2.59. The fraction of sp³-hybridized carbons (Fsp3) is 1.00. The van der Waals surface area contributed by atoms with Gasteiger partial charge in [-0.25, -0.2) is 8.78 Å². The predicted molar refractivity (Wildman–Crippen MR) is 47.6 cm³/mol. The van der Waals surface area contributed by atoms with Crippen LogP contribution in [-0.2, 0) is 4.74 Å². The largest absolute Gasteiger partial charge is 0.368 e. The van der Waals surface area contributed by atoms with Gasteiger partial charge >= 0.3 is 0 Å². The maximum absolute atomic E-state index is 12.8. The second kappa shape index (κ2) is 3.67. The molecule has 0 amide bonds. The smallest absolute Gasteiger partial charge is 0.273 e. The normalized spacial score (nSPS) is 30.0. The molecule has 0 aromatic carbocycles. The Morgan fingerprint density at radius 2 is 1.77 bits per heavy atom. The van der Waals surface area contributed by atoms with E-state index >= 15 is 0 Å². The molecule has 0 bridgehead atoms. The van der Waals surface area contributed by atoms with Crippen LogP contribution in [0.5, 0.6) is 0 Å². The van der Waals surface area contributed by atoms with E-state index < -0.39 is 11.5 Å². The maximum Gasteiger partial charge on any atom is 0.273 e. The van der Waals surface area contributed by atoms with E-state index in [1.165, 1.54) is 0 Å². The first kappa shape index (κ1) is 11.1. The highest BCUT2D eigenvalue weighted by molar-refractivity contribution is 5.85. The summed E-state index contributed by atoms with van der Waals surface area (Å²) >= 11 is 0. The van der Waals surface area contributed by atoms with Crippen molar-refractivity contribution in [3.05, 3.63) is 0 Å². The summed E-state index contributed by atoms with van der Waals surface area (Å²) in [5.41, 5.74) is -0.505. The zero-order valence-corrected chi connectivity index (χ0v) is 8.13. The van der Waals surface area contributed by atoms with Crippen molar-refractivity contribution in [1.29, 1.82) is 0 Å². The molecule has 2 nitrogen and oxygen atoms in total. The average Bonchev–Trinajstić information content (AvgIpc) is 2.29. The molecule has 0 radical (unpaired) electrons. The molecule has 5 heteroatoms. The Morgan fingerprint density at radius 1 is 1.15 bits per heavy atom. The number of ether oxygens (including phenoxy) is 1. The predicted octanol–water partition coefficient (Wildman–Crippen LogP) is 1.59. The van der Waals surface area contributed by atoms with Crippen LogP contribution in [0, 0.1) is 0 Å². The van der Waals surface area contributed by atoms with Gasteiger partial charge in [-0.05, 0) is 25.9 Å². The minimum absolute atomic E-state index is 0. The van der Waals surface area contributed by atoms with Gasteiger partial charge in [-0.2, -0.15) is 0 Å². The molecule has 13 heavy (non-hydrogen) atoms. The third-order valence-electron chi connectivity index (χ3n) is 2.69. The van der Waals surface area contributed by atoms with Gasteiger partial charge in [0.05, 0.1) is 5.60 Å². The van der Waals surface area contributed by atoms with Crippen molar-refractivity contribution in [3.63, 3.8) is 0 Å². The van der Waals surface area contributed by atoms with Crippen LogP contribution in [-0.4, -0.2) is 31.2 Å². The van der Waals surface area contributed by atoms with Crippen molar-refractivity contribution >= 4 is 12.4 Å². The molecule has 2 heterocycles. The summed E-state index contributed by atoms with van der Waals surface area (Å²) in [7, 11) is 0. The summed E-state index contributed by atoms with van der Waals surface area (Å²) in [4.78, 5) is 0. The molecule has 78 valence electrons. The summed E-state index contributed by atoms with van der Waals surface area (Å²) in [5, 5.41) is 3.14. The first-order chi connectivity index (χ1) is 5.62. The summed E-state index contributed by atoms with van der Waals surface area (Å²) in [6.07, 6.45) is 1.37. The second-order valence-corrected chi connectivity index (χ2v) is 3.75. The lowest BCUT2D eigenvalue weighted by Crippen LogP contribution is -2.41. The molecule has 0 aliphatic carbocycles. The van der Waals surface area contributed by atoms with Crippen molar-refractivity contribution in [2.45, 2.75) is 30.8 Å². The Hall–Kier alpha value is 0.0700. The molecule has 0 aromatic heterocycles. The lowest BCUT2D eigenvalue weighted by Gasteiger charge is -2.32. The Kier molecular flexibility index (Phi) is 3.15. The molecule has 2 aliphatic heterocycles. The molecule has 0 aromatic rings. The highest BCUT2D eigenvalue weighted by Gasteiger charge is 2.50. The molecule has 2 aliphatic rings. The first-order valence-electron chi connectivity index (χ1n) is 4.35. The van der Waals surface area contributed by atoms with Crippen LogP contribution in [0.4, 0.5) is 8.78 Å². The van der Waals surface area contributed by atoms with Crippen molar-refractivity contribution in [2.24, 2.45) is 0 Å². The van der Waals surface area contributed by atoms with Crippen molar-refractivity contribution in [3.8, 4) is 0 Å². The SMILES string of the molecule is Cl.FC1(F)COC2(CCNCC2)C1. The van der Waals surface area contributed by atoms with Gasteiger partial charge in [0, 0.05) is 6.42 Å². The van der Waals surface area contributed by atoms with Gasteiger partial charge in [-0.3, -0.25) is 0 Å². The van der Waals surface area contributed by atoms with Crippen LogP contribution in [0.2, 0.25) is 0 Å². The van der Waals surface area contributed by atoms with Crippen LogP contribution < -0.4 is 5.32 Å². The first-order valence-corrected chi connectivity index (χ1v) is 4.35. The zero-order chi connectivity index (χ0) is 8.66. The minimum atomic E-state index is -2.59. The molecule has 0 atom stereocenters. The fourth-order valence-corrected chi connectivity index (χ4v) is 2.04. The molecule has 2 saturated heterocycles. The van der Waals surface area contributed by atoms with Gasteiger partial charge in [-0.1, -0.05) is 0 Å². The lowest BCUT2D eigenvalue weighted by atomic mass is 9.89. The molecular weight excluding hydrogens is 200 g/mol. The minimum Gasteiger partial charge on any atom is -0.368 e. The van der Waals surface area contributed by atoms with Crippen molar-refractivity contribution in [2.75, 3.05) is 19.7 Å². The third kappa shape index (κ3) is 2.30. The van der Waals surface area contributed by atoms with E-state index in [1.807, 2.05) is 0 Å². The molecule has 1 N–H and O–H groups in total. The van der Waals surface area contributed by atoms with Crippen LogP contribution in [0.15, 0.2) is 0 Å². The molecule has 2 rings (SSSR count). The summed E-state index contributed by atoms with van der Waals surface area (Å²) < 4.78 is 30.9. The van der Waals surface area contributed by atoms with Gasteiger partial charge in [0.15, 0.2) is 0 Å². The van der Waals surface area contributed by atoms with Gasteiger partial charge < -0.3 is 10.1 Å². The number of nitrogens with one attached hydrogen (secondary N) is 1. The highest BCUT2D eigenvalue weighted by Crippen LogP contribution is 2.41. The van der Waals surface area contributed by atoms with Gasteiger partial charge in [-0.15, -0.1) is 12.4 Å². The number of piperidine rings is 1. The summed E-state index contributed by atoms with van der Waals surface area (Å²) in [6, 6.07) is 0. The molecule has 0 saturated carbocycles. The third-order valence-corrected chi connectivity index (χ3v) is 2.69. The number of alkyl halides is 2. The van der Waals surface area contributed by atoms with E-state index in [0.29, 0.717) is 0 Å². The van der Waals surface area contributed by atoms with Crippen LogP contribution in [0.3, 0.4) is 0 Å². The van der Waals surface area contributed by atoms with Gasteiger partial charge in [0.25, 0.3) is 5.92 Å². The highest BCUT2D eigenvalue weighted by atomic mass is 35.5. The van der Waals surface area contributed by atoms with E-state index in [4.69, 9.17) is 4.74 Å². The Labute approximate surface area is 82.4 Å². The van der Waals surface area contributed by atoms with Gasteiger partial charge in [0.2, 0.25) is 0 Å². The van der Waals surface area contributed by atoms with Crippen LogP contribution in [0.25, 0.3) is 0 Å². The molecule has 1 spiro atoms. The number of hydrogen-bond acceptors (Lipinski definition) is 2. The maximum atomic E-state index is 12.8. The summed E-state index contributed by atoms with van der Waals surface area (Å²) in [6.45, 7) is 1.22. The van der Waals surface area contributed by atoms with E-state index in [-0.39, 0.29) is 25.4 Å². The van der Waals surface area contributed by atoms with E-state index in [0.717, 1.165) is 25.9 Å². The number of rotatable bonds is 0. The van der Waals surface area contributed by atoms with Crippen molar-refractivity contribution < 1.29 is 13.5 Å². The van der Waals surface area contributed by atoms with E-state index in [9.17, 15) is 8.78 Å². The van der Waals surface area contributed by atoms with Crippen LogP contribution >= 0.6 is 12.4 Å². The number of halogens is 3. The van der Waals surface area contributed by atoms with Crippen molar-refractivity contribution in [1.82, 2.24) is 5.32 Å². The molecule has 0 unspecified atom stereocenters. The zero-order valence-electron chi connectivity index (χ0n) is 7.32. The number of hydrogen-bond donors (Lipinski definition) is 1. The Balaban J connectivity index is 0.000000845. The standard InChI is InChI=1S/C8H13F2NO.ClH/c9-8(10)5-7(12-6-8)1-3-11-4-2-7;/h11H,1-6H2;1H. The van der Waals surface area contributed by atoms with Crippen LogP contribution in [0.1, 0.15) is 19.3 Å². The second-order valence-electron chi connectivity index (χ2n) is 3.75. The quantitative estimate of drug-likeness (QED) is 0.660. The lowest BCUT2D eigenvalue weighted by molar-refractivity contribution is -0.0343. The molecule has 2 fully saturated rings. The Bertz CT molecular complexity index is 183. The monoisotopic (exact) mass is 213 g/mol. The fourth-order valence-electron chi connectivity index (χ4n) is 2.04. The average molecular weight is 214 g/mol. The topological polar surface area (TPSA) is 21.3 Å². The van der Waals surface area contributed by atoms with E-state index in [1.54, 1.807) is 0 Å². The molecular formula is C8H14ClF2NO. The van der Waals surface area contributed by atoms with E-state index in [2.05, 4.69) is 5.32 Å².